The van der Waals surface area contributed by atoms with E-state index in [0.29, 0.717) is 26.4 Å². The van der Waals surface area contributed by atoms with Crippen LogP contribution in [0.4, 0.5) is 0 Å². The first-order valence-corrected chi connectivity index (χ1v) is 10.2. The van der Waals surface area contributed by atoms with Gasteiger partial charge in [-0.1, -0.05) is 53.4 Å². The summed E-state index contributed by atoms with van der Waals surface area (Å²) in [5.41, 5.74) is 0. The highest BCUT2D eigenvalue weighted by Crippen LogP contribution is 2.22. The van der Waals surface area contributed by atoms with E-state index in [1.807, 2.05) is 13.8 Å². The van der Waals surface area contributed by atoms with Gasteiger partial charge >= 0.3 is 0 Å². The van der Waals surface area contributed by atoms with Gasteiger partial charge in [-0.15, -0.1) is 5.32 Å². The summed E-state index contributed by atoms with van der Waals surface area (Å²) in [5.74, 6) is -2.09. The molecule has 0 aliphatic heterocycles. The Morgan fingerprint density at radius 1 is 0.520 bits per heavy atom. The molecule has 0 amide bonds. The summed E-state index contributed by atoms with van der Waals surface area (Å²) in [4.78, 5) is 0. The summed E-state index contributed by atoms with van der Waals surface area (Å²) in [7, 11) is 0. The monoisotopic (exact) mass is 360 g/mol. The standard InChI is InChI=1S/C20H42NO4/c1-7-11-15-22-19(5,23-16-12-8-2)21-20(6,24-17-13-9-3)25-18-14-10-4/h7-18H2,1-6H3. The molecule has 0 spiro atoms. The van der Waals surface area contributed by atoms with Crippen LogP contribution in [-0.2, 0) is 18.9 Å². The SMILES string of the molecule is CCCCOC(C)([N]C(C)(OCCCC)OCCCC)OCCCC. The highest BCUT2D eigenvalue weighted by Gasteiger charge is 2.39. The molecular weight excluding hydrogens is 318 g/mol. The van der Waals surface area contributed by atoms with E-state index in [9.17, 15) is 0 Å². The van der Waals surface area contributed by atoms with Crippen molar-refractivity contribution < 1.29 is 18.9 Å². The molecule has 0 aromatic rings. The quantitative estimate of drug-likeness (QED) is 0.249. The molecule has 0 saturated carbocycles. The lowest BCUT2D eigenvalue weighted by atomic mass is 10.3. The molecule has 5 heteroatoms. The van der Waals surface area contributed by atoms with Gasteiger partial charge in [-0.25, -0.2) is 0 Å². The third-order valence-electron chi connectivity index (χ3n) is 3.88. The third kappa shape index (κ3) is 12.7. The molecule has 0 atom stereocenters. The summed E-state index contributed by atoms with van der Waals surface area (Å²) in [6.07, 6.45) is 8.20. The van der Waals surface area contributed by atoms with Gasteiger partial charge in [-0.3, -0.25) is 0 Å². The summed E-state index contributed by atoms with van der Waals surface area (Å²) in [5, 5.41) is 4.74. The van der Waals surface area contributed by atoms with Crippen molar-refractivity contribution in [3.63, 3.8) is 0 Å². The number of rotatable bonds is 18. The lowest BCUT2D eigenvalue weighted by Crippen LogP contribution is -2.55. The van der Waals surface area contributed by atoms with Gasteiger partial charge in [0.05, 0.1) is 26.4 Å². The molecule has 0 unspecified atom stereocenters. The number of hydrogen-bond donors (Lipinski definition) is 0. The minimum Gasteiger partial charge on any atom is -0.336 e. The van der Waals surface area contributed by atoms with Crippen LogP contribution >= 0.6 is 0 Å². The first-order chi connectivity index (χ1) is 11.9. The van der Waals surface area contributed by atoms with Crippen LogP contribution in [0.5, 0.6) is 0 Å². The molecule has 0 bridgehead atoms. The Bertz CT molecular complexity index is 251. The van der Waals surface area contributed by atoms with Crippen LogP contribution in [0.1, 0.15) is 92.9 Å². The second-order valence-corrected chi connectivity index (χ2v) is 6.72. The van der Waals surface area contributed by atoms with Crippen LogP contribution in [-0.4, -0.2) is 38.2 Å². The smallest absolute Gasteiger partial charge is 0.244 e. The molecule has 0 N–H and O–H groups in total. The van der Waals surface area contributed by atoms with E-state index >= 15 is 0 Å². The molecule has 0 aromatic carbocycles. The number of nitrogens with zero attached hydrogens (tertiary/aromatic N) is 1. The van der Waals surface area contributed by atoms with E-state index in [0.717, 1.165) is 51.4 Å². The van der Waals surface area contributed by atoms with Crippen molar-refractivity contribution in [3.8, 4) is 0 Å². The van der Waals surface area contributed by atoms with Gasteiger partial charge in [0, 0.05) is 13.8 Å². The van der Waals surface area contributed by atoms with E-state index in [1.54, 1.807) is 0 Å². The zero-order valence-electron chi connectivity index (χ0n) is 17.6. The molecule has 0 fully saturated rings. The minimum atomic E-state index is -1.04. The van der Waals surface area contributed by atoms with E-state index in [1.165, 1.54) is 0 Å². The van der Waals surface area contributed by atoms with E-state index in [2.05, 4.69) is 27.7 Å². The lowest BCUT2D eigenvalue weighted by molar-refractivity contribution is -0.335. The largest absolute Gasteiger partial charge is 0.336 e. The van der Waals surface area contributed by atoms with Crippen molar-refractivity contribution in [1.82, 2.24) is 5.32 Å². The maximum Gasteiger partial charge on any atom is 0.244 e. The number of unbranched alkanes of at least 4 members (excludes halogenated alkanes) is 4. The first-order valence-electron chi connectivity index (χ1n) is 10.2. The fraction of sp³-hybridized carbons (Fsp3) is 1.00. The molecule has 0 saturated heterocycles. The molecular formula is C20H42NO4. The Kier molecular flexibility index (Phi) is 14.8. The van der Waals surface area contributed by atoms with Crippen molar-refractivity contribution in [3.05, 3.63) is 0 Å². The second kappa shape index (κ2) is 14.9. The van der Waals surface area contributed by atoms with E-state index < -0.39 is 11.8 Å². The molecule has 0 aliphatic rings. The van der Waals surface area contributed by atoms with Gasteiger partial charge in [0.1, 0.15) is 0 Å². The topological polar surface area (TPSA) is 51.0 Å². The third-order valence-corrected chi connectivity index (χ3v) is 3.88. The van der Waals surface area contributed by atoms with Gasteiger partial charge < -0.3 is 18.9 Å². The minimum absolute atomic E-state index is 0.614. The normalized spacial score (nSPS) is 12.7. The predicted octanol–water partition coefficient (Wildman–Crippen LogP) is 5.21. The fourth-order valence-corrected chi connectivity index (χ4v) is 2.20. The van der Waals surface area contributed by atoms with Crippen LogP contribution in [0, 0.1) is 0 Å². The van der Waals surface area contributed by atoms with Crippen LogP contribution in [0.25, 0.3) is 0 Å². The Labute approximate surface area is 156 Å². The van der Waals surface area contributed by atoms with Crippen LogP contribution < -0.4 is 5.32 Å². The lowest BCUT2D eigenvalue weighted by Gasteiger charge is -2.38. The van der Waals surface area contributed by atoms with Crippen LogP contribution in [0.2, 0.25) is 0 Å². The average molecular weight is 361 g/mol. The molecule has 0 heterocycles. The Hall–Kier alpha value is -0.200. The van der Waals surface area contributed by atoms with E-state index in [-0.39, 0.29) is 0 Å². The maximum absolute atomic E-state index is 5.98. The van der Waals surface area contributed by atoms with Crippen molar-refractivity contribution in [2.24, 2.45) is 0 Å². The van der Waals surface area contributed by atoms with Crippen molar-refractivity contribution >= 4 is 0 Å². The molecule has 151 valence electrons. The Balaban J connectivity index is 4.90. The van der Waals surface area contributed by atoms with Crippen molar-refractivity contribution in [1.29, 1.82) is 0 Å². The van der Waals surface area contributed by atoms with Crippen LogP contribution in [0.3, 0.4) is 0 Å². The fourth-order valence-electron chi connectivity index (χ4n) is 2.20. The van der Waals surface area contributed by atoms with E-state index in [4.69, 9.17) is 24.3 Å². The number of hydrogen-bond acceptors (Lipinski definition) is 4. The summed E-state index contributed by atoms with van der Waals surface area (Å²) >= 11 is 0. The molecule has 25 heavy (non-hydrogen) atoms. The molecule has 0 rings (SSSR count). The highest BCUT2D eigenvalue weighted by atomic mass is 16.8. The molecule has 1 radical (unpaired) electrons. The van der Waals surface area contributed by atoms with Gasteiger partial charge in [0.25, 0.3) is 0 Å². The molecule has 0 aromatic heterocycles. The van der Waals surface area contributed by atoms with Crippen molar-refractivity contribution in [2.75, 3.05) is 26.4 Å². The highest BCUT2D eigenvalue weighted by molar-refractivity contribution is 4.69. The average Bonchev–Trinajstić information content (AvgIpc) is 2.56. The van der Waals surface area contributed by atoms with Crippen molar-refractivity contribution in [2.45, 2.75) is 105 Å². The maximum atomic E-state index is 5.98. The summed E-state index contributed by atoms with van der Waals surface area (Å²) in [6, 6.07) is 0. The van der Waals surface area contributed by atoms with Gasteiger partial charge in [-0.05, 0) is 25.7 Å². The molecule has 5 nitrogen and oxygen atoms in total. The van der Waals surface area contributed by atoms with Gasteiger partial charge in [0.15, 0.2) is 0 Å². The Morgan fingerprint density at radius 3 is 0.960 bits per heavy atom. The van der Waals surface area contributed by atoms with Gasteiger partial charge in [0.2, 0.25) is 11.8 Å². The summed E-state index contributed by atoms with van der Waals surface area (Å²) < 4.78 is 23.9. The second-order valence-electron chi connectivity index (χ2n) is 6.72. The number of ether oxygens (including phenoxy) is 4. The summed E-state index contributed by atoms with van der Waals surface area (Å²) in [6.45, 7) is 14.7. The van der Waals surface area contributed by atoms with Gasteiger partial charge in [-0.2, -0.15) is 0 Å². The Morgan fingerprint density at radius 2 is 0.760 bits per heavy atom. The predicted molar refractivity (Wildman–Crippen MR) is 102 cm³/mol. The zero-order valence-corrected chi connectivity index (χ0v) is 17.6. The first kappa shape index (κ1) is 24.8. The van der Waals surface area contributed by atoms with Crippen LogP contribution in [0.15, 0.2) is 0 Å². The zero-order chi connectivity index (χ0) is 19.0. The molecule has 0 aliphatic carbocycles.